The van der Waals surface area contributed by atoms with E-state index >= 15 is 0 Å². The highest BCUT2D eigenvalue weighted by molar-refractivity contribution is 6.33. The van der Waals surface area contributed by atoms with Crippen LogP contribution in [0.2, 0.25) is 5.02 Å². The zero-order valence-electron chi connectivity index (χ0n) is 9.93. The molecule has 0 fully saturated rings. The van der Waals surface area contributed by atoms with Crippen molar-refractivity contribution in [3.63, 3.8) is 0 Å². The number of benzene rings is 1. The van der Waals surface area contributed by atoms with Crippen molar-refractivity contribution in [3.05, 3.63) is 28.8 Å². The van der Waals surface area contributed by atoms with Crippen LogP contribution in [0.15, 0.2) is 18.2 Å². The van der Waals surface area contributed by atoms with E-state index in [1.807, 2.05) is 0 Å². The molecule has 1 aromatic rings. The lowest BCUT2D eigenvalue weighted by atomic mass is 10.2. The predicted molar refractivity (Wildman–Crippen MR) is 66.8 cm³/mol. The molecule has 0 spiro atoms. The molecule has 1 aromatic carbocycles. The number of alkyl halides is 3. The van der Waals surface area contributed by atoms with Gasteiger partial charge in [-0.3, -0.25) is 0 Å². The molecule has 2 N–H and O–H groups in total. The van der Waals surface area contributed by atoms with E-state index in [1.54, 1.807) is 0 Å². The molecule has 0 bridgehead atoms. The topological polar surface area (TPSA) is 49.3 Å². The standard InChI is InChI=1S/C12H13ClF3NO2/c13-10-7-8(3-4-9(10)11(18)19)17-6-2-1-5-12(14,15)16/h3-4,7,17H,1-2,5-6H2,(H,18,19). The fourth-order valence-electron chi connectivity index (χ4n) is 1.48. The minimum absolute atomic E-state index is 0.00992. The van der Waals surface area contributed by atoms with E-state index in [0.29, 0.717) is 18.7 Å². The van der Waals surface area contributed by atoms with Crippen molar-refractivity contribution in [3.8, 4) is 0 Å². The maximum atomic E-state index is 11.9. The summed E-state index contributed by atoms with van der Waals surface area (Å²) in [6, 6.07) is 4.32. The largest absolute Gasteiger partial charge is 0.478 e. The molecule has 106 valence electrons. The normalized spacial score (nSPS) is 11.4. The van der Waals surface area contributed by atoms with Crippen molar-refractivity contribution in [1.29, 1.82) is 0 Å². The van der Waals surface area contributed by atoms with Crippen LogP contribution < -0.4 is 5.32 Å². The van der Waals surface area contributed by atoms with Gasteiger partial charge in [-0.2, -0.15) is 13.2 Å². The Hall–Kier alpha value is -1.43. The Morgan fingerprint density at radius 1 is 1.32 bits per heavy atom. The third-order valence-corrected chi connectivity index (χ3v) is 2.73. The molecule has 3 nitrogen and oxygen atoms in total. The monoisotopic (exact) mass is 295 g/mol. The highest BCUT2D eigenvalue weighted by Gasteiger charge is 2.25. The Balaban J connectivity index is 2.38. The molecule has 0 saturated carbocycles. The number of nitrogens with one attached hydrogen (secondary N) is 1. The van der Waals surface area contributed by atoms with Gasteiger partial charge in [-0.05, 0) is 31.0 Å². The Morgan fingerprint density at radius 2 is 2.00 bits per heavy atom. The molecule has 7 heteroatoms. The number of anilines is 1. The third-order valence-electron chi connectivity index (χ3n) is 2.42. The summed E-state index contributed by atoms with van der Waals surface area (Å²) in [6.07, 6.45) is -4.49. The van der Waals surface area contributed by atoms with Crippen molar-refractivity contribution < 1.29 is 23.1 Å². The molecule has 0 radical (unpaired) electrons. The Labute approximate surface area is 113 Å². The van der Waals surface area contributed by atoms with Crippen LogP contribution in [0.3, 0.4) is 0 Å². The van der Waals surface area contributed by atoms with E-state index in [0.717, 1.165) is 0 Å². The maximum Gasteiger partial charge on any atom is 0.389 e. The molecule has 0 saturated heterocycles. The second kappa shape index (κ2) is 6.65. The molecule has 19 heavy (non-hydrogen) atoms. The first-order valence-electron chi connectivity index (χ1n) is 5.63. The van der Waals surface area contributed by atoms with Gasteiger partial charge in [0.1, 0.15) is 0 Å². The smallest absolute Gasteiger partial charge is 0.389 e. The summed E-state index contributed by atoms with van der Waals surface area (Å²) in [5, 5.41) is 11.8. The molecule has 0 aliphatic heterocycles. The Morgan fingerprint density at radius 3 is 2.53 bits per heavy atom. The van der Waals surface area contributed by atoms with Crippen molar-refractivity contribution in [2.75, 3.05) is 11.9 Å². The van der Waals surface area contributed by atoms with Gasteiger partial charge in [0, 0.05) is 18.7 Å². The van der Waals surface area contributed by atoms with Crippen LogP contribution in [0.25, 0.3) is 0 Å². The number of aromatic carboxylic acids is 1. The molecule has 0 atom stereocenters. The van der Waals surface area contributed by atoms with Crippen molar-refractivity contribution in [2.24, 2.45) is 0 Å². The second-order valence-corrected chi connectivity index (χ2v) is 4.41. The Kier molecular flexibility index (Phi) is 5.47. The number of hydrogen-bond donors (Lipinski definition) is 2. The Bertz CT molecular complexity index is 449. The summed E-state index contributed by atoms with van der Waals surface area (Å²) in [5.41, 5.74) is 0.575. The predicted octanol–water partition coefficient (Wildman–Crippen LogP) is 4.18. The highest BCUT2D eigenvalue weighted by atomic mass is 35.5. The summed E-state index contributed by atoms with van der Waals surface area (Å²) in [6.45, 7) is 0.374. The number of carboxylic acid groups (broad SMARTS) is 1. The number of carbonyl (C=O) groups is 1. The molecule has 0 unspecified atom stereocenters. The lowest BCUT2D eigenvalue weighted by molar-refractivity contribution is -0.135. The van der Waals surface area contributed by atoms with Crippen molar-refractivity contribution in [2.45, 2.75) is 25.4 Å². The molecular weight excluding hydrogens is 283 g/mol. The molecule has 0 aliphatic carbocycles. The van der Waals surface area contributed by atoms with E-state index in [4.69, 9.17) is 16.7 Å². The van der Waals surface area contributed by atoms with Gasteiger partial charge in [-0.15, -0.1) is 0 Å². The maximum absolute atomic E-state index is 11.9. The molecule has 1 rings (SSSR count). The minimum atomic E-state index is -4.12. The van der Waals surface area contributed by atoms with E-state index in [2.05, 4.69) is 5.32 Å². The van der Waals surface area contributed by atoms with E-state index in [9.17, 15) is 18.0 Å². The van der Waals surface area contributed by atoms with Crippen molar-refractivity contribution >= 4 is 23.3 Å². The molecule has 0 aliphatic rings. The summed E-state index contributed by atoms with van der Waals surface area (Å²) >= 11 is 5.75. The van der Waals surface area contributed by atoms with Gasteiger partial charge < -0.3 is 10.4 Å². The number of carboxylic acids is 1. The molecular formula is C12H13ClF3NO2. The number of unbranched alkanes of at least 4 members (excludes halogenated alkanes) is 1. The summed E-state index contributed by atoms with van der Waals surface area (Å²) in [7, 11) is 0. The summed E-state index contributed by atoms with van der Waals surface area (Å²) < 4.78 is 35.7. The van der Waals surface area contributed by atoms with Crippen LogP contribution in [0, 0.1) is 0 Å². The molecule has 0 amide bonds. The fraction of sp³-hybridized carbons (Fsp3) is 0.417. The van der Waals surface area contributed by atoms with Gasteiger partial charge in [0.2, 0.25) is 0 Å². The average molecular weight is 296 g/mol. The first-order valence-corrected chi connectivity index (χ1v) is 6.01. The van der Waals surface area contributed by atoms with Crippen LogP contribution in [0.5, 0.6) is 0 Å². The van der Waals surface area contributed by atoms with Crippen LogP contribution >= 0.6 is 11.6 Å². The first kappa shape index (κ1) is 15.6. The number of halogens is 4. The van der Waals surface area contributed by atoms with Crippen LogP contribution in [-0.4, -0.2) is 23.8 Å². The molecule has 0 heterocycles. The van der Waals surface area contributed by atoms with E-state index < -0.39 is 18.6 Å². The SMILES string of the molecule is O=C(O)c1ccc(NCCCCC(F)(F)F)cc1Cl. The van der Waals surface area contributed by atoms with Gasteiger partial charge in [0.15, 0.2) is 0 Å². The van der Waals surface area contributed by atoms with Crippen molar-refractivity contribution in [1.82, 2.24) is 0 Å². The van der Waals surface area contributed by atoms with Gasteiger partial charge in [-0.1, -0.05) is 11.6 Å². The highest BCUT2D eigenvalue weighted by Crippen LogP contribution is 2.23. The quantitative estimate of drug-likeness (QED) is 0.774. The zero-order valence-corrected chi connectivity index (χ0v) is 10.7. The first-order chi connectivity index (χ1) is 8.79. The van der Waals surface area contributed by atoms with Gasteiger partial charge in [0.05, 0.1) is 10.6 Å². The fourth-order valence-corrected chi connectivity index (χ4v) is 1.74. The lowest BCUT2D eigenvalue weighted by Gasteiger charge is -2.09. The van der Waals surface area contributed by atoms with Gasteiger partial charge in [0.25, 0.3) is 0 Å². The number of rotatable bonds is 6. The number of hydrogen-bond acceptors (Lipinski definition) is 2. The average Bonchev–Trinajstić information content (AvgIpc) is 2.26. The third kappa shape index (κ3) is 5.83. The van der Waals surface area contributed by atoms with Crippen LogP contribution in [0.4, 0.5) is 18.9 Å². The van der Waals surface area contributed by atoms with Gasteiger partial charge in [-0.25, -0.2) is 4.79 Å². The summed E-state index contributed by atoms with van der Waals surface area (Å²) in [5.74, 6) is -1.12. The second-order valence-electron chi connectivity index (χ2n) is 4.00. The van der Waals surface area contributed by atoms with E-state index in [-0.39, 0.29) is 17.0 Å². The van der Waals surface area contributed by atoms with Crippen LogP contribution in [0.1, 0.15) is 29.6 Å². The lowest BCUT2D eigenvalue weighted by Crippen LogP contribution is -2.08. The van der Waals surface area contributed by atoms with E-state index in [1.165, 1.54) is 18.2 Å². The minimum Gasteiger partial charge on any atom is -0.478 e. The van der Waals surface area contributed by atoms with Crippen LogP contribution in [-0.2, 0) is 0 Å². The zero-order chi connectivity index (χ0) is 14.5. The summed E-state index contributed by atoms with van der Waals surface area (Å²) in [4.78, 5) is 10.7. The van der Waals surface area contributed by atoms with Gasteiger partial charge >= 0.3 is 12.1 Å². The molecule has 0 aromatic heterocycles.